The molecule has 150 valence electrons. The molecule has 1 N–H and O–H groups in total. The van der Waals surface area contributed by atoms with Crippen molar-refractivity contribution in [2.45, 2.75) is 33.7 Å². The Bertz CT molecular complexity index is 1220. The van der Waals surface area contributed by atoms with Crippen LogP contribution in [0.1, 0.15) is 41.3 Å². The number of carbonyl (C=O) groups excluding carboxylic acids is 1. The molecule has 0 spiro atoms. The average Bonchev–Trinajstić information content (AvgIpc) is 3.35. The molecule has 1 amide bonds. The van der Waals surface area contributed by atoms with Gasteiger partial charge in [-0.2, -0.15) is 0 Å². The summed E-state index contributed by atoms with van der Waals surface area (Å²) >= 11 is 1.39. The number of fused-ring (bicyclic) bond motifs is 3. The monoisotopic (exact) mass is 408 g/mol. The summed E-state index contributed by atoms with van der Waals surface area (Å²) in [6, 6.07) is 11.4. The number of amides is 1. The lowest BCUT2D eigenvalue weighted by atomic mass is 10.1. The zero-order valence-electron chi connectivity index (χ0n) is 16.8. The van der Waals surface area contributed by atoms with E-state index in [1.54, 1.807) is 12.3 Å². The number of pyridine rings is 1. The molecular weight excluding hydrogens is 384 g/mol. The summed E-state index contributed by atoms with van der Waals surface area (Å²) in [7, 11) is 0. The van der Waals surface area contributed by atoms with E-state index < -0.39 is 0 Å². The standard InChI is InChI=1S/C23H24N2O3S/c1-14(2)8-9-25(13-16-5-4-10-28-16)23(27)20-12-18-21(29-20)17-11-15(3)6-7-19(17)24-22(18)26/h4-7,10-12,14H,8-9,13H2,1-3H3,(H,24,26). The molecule has 0 saturated heterocycles. The van der Waals surface area contributed by atoms with Gasteiger partial charge in [-0.15, -0.1) is 11.3 Å². The van der Waals surface area contributed by atoms with Crippen LogP contribution in [0.15, 0.2) is 51.9 Å². The first kappa shape index (κ1) is 19.5. The molecule has 0 bridgehead atoms. The zero-order chi connectivity index (χ0) is 20.5. The number of aromatic nitrogens is 1. The van der Waals surface area contributed by atoms with Gasteiger partial charge in [0.1, 0.15) is 5.76 Å². The molecule has 0 aliphatic carbocycles. The van der Waals surface area contributed by atoms with Crippen LogP contribution in [-0.4, -0.2) is 22.3 Å². The van der Waals surface area contributed by atoms with Gasteiger partial charge in [-0.25, -0.2) is 0 Å². The number of H-pyrrole nitrogens is 1. The Morgan fingerprint density at radius 3 is 2.76 bits per heavy atom. The Balaban J connectivity index is 1.75. The fraction of sp³-hybridized carbons (Fsp3) is 0.304. The summed E-state index contributed by atoms with van der Waals surface area (Å²) in [5, 5.41) is 1.54. The maximum Gasteiger partial charge on any atom is 0.264 e. The van der Waals surface area contributed by atoms with Gasteiger partial charge in [0.2, 0.25) is 0 Å². The quantitative estimate of drug-likeness (QED) is 0.469. The van der Waals surface area contributed by atoms with E-state index in [1.165, 1.54) is 11.3 Å². The Kier molecular flexibility index (Phi) is 5.28. The predicted molar refractivity (Wildman–Crippen MR) is 118 cm³/mol. The Labute approximate surface area is 173 Å². The van der Waals surface area contributed by atoms with E-state index in [-0.39, 0.29) is 11.5 Å². The molecule has 3 aromatic heterocycles. The lowest BCUT2D eigenvalue weighted by molar-refractivity contribution is 0.0728. The maximum absolute atomic E-state index is 13.4. The second kappa shape index (κ2) is 7.87. The van der Waals surface area contributed by atoms with Crippen molar-refractivity contribution >= 4 is 38.2 Å². The van der Waals surface area contributed by atoms with Gasteiger partial charge in [-0.05, 0) is 49.6 Å². The van der Waals surface area contributed by atoms with Crippen molar-refractivity contribution in [1.82, 2.24) is 9.88 Å². The van der Waals surface area contributed by atoms with Crippen molar-refractivity contribution < 1.29 is 9.21 Å². The molecule has 0 atom stereocenters. The van der Waals surface area contributed by atoms with Crippen LogP contribution in [0.4, 0.5) is 0 Å². The molecule has 0 fully saturated rings. The van der Waals surface area contributed by atoms with Gasteiger partial charge in [-0.1, -0.05) is 25.5 Å². The zero-order valence-corrected chi connectivity index (χ0v) is 17.6. The highest BCUT2D eigenvalue weighted by molar-refractivity contribution is 7.21. The lowest BCUT2D eigenvalue weighted by Gasteiger charge is -2.22. The lowest BCUT2D eigenvalue weighted by Crippen LogP contribution is -2.31. The summed E-state index contributed by atoms with van der Waals surface area (Å²) in [5.74, 6) is 1.17. The van der Waals surface area contributed by atoms with Crippen LogP contribution in [0.2, 0.25) is 0 Å². The van der Waals surface area contributed by atoms with Crippen molar-refractivity contribution in [3.05, 3.63) is 69.2 Å². The molecule has 0 saturated carbocycles. The molecule has 0 unspecified atom stereocenters. The molecule has 0 aliphatic heterocycles. The first-order valence-corrected chi connectivity index (χ1v) is 10.6. The average molecular weight is 409 g/mol. The fourth-order valence-corrected chi connectivity index (χ4v) is 4.58. The molecule has 29 heavy (non-hydrogen) atoms. The van der Waals surface area contributed by atoms with E-state index in [4.69, 9.17) is 4.42 Å². The molecule has 4 rings (SSSR count). The Hall–Kier alpha value is -2.86. The Morgan fingerprint density at radius 1 is 1.21 bits per heavy atom. The number of hydrogen-bond acceptors (Lipinski definition) is 4. The summed E-state index contributed by atoms with van der Waals surface area (Å²) in [6.45, 7) is 7.36. The topological polar surface area (TPSA) is 66.3 Å². The van der Waals surface area contributed by atoms with Gasteiger partial charge >= 0.3 is 0 Å². The number of aromatic amines is 1. The number of nitrogens with one attached hydrogen (secondary N) is 1. The van der Waals surface area contributed by atoms with Crippen LogP contribution in [0.25, 0.3) is 21.0 Å². The smallest absolute Gasteiger partial charge is 0.264 e. The van der Waals surface area contributed by atoms with Gasteiger partial charge in [0.25, 0.3) is 11.5 Å². The van der Waals surface area contributed by atoms with Crippen molar-refractivity contribution in [2.24, 2.45) is 5.92 Å². The van der Waals surface area contributed by atoms with E-state index in [0.29, 0.717) is 29.3 Å². The van der Waals surface area contributed by atoms with Gasteiger partial charge in [-0.3, -0.25) is 9.59 Å². The van der Waals surface area contributed by atoms with E-state index in [0.717, 1.165) is 33.3 Å². The number of thiophene rings is 1. The van der Waals surface area contributed by atoms with Gasteiger partial charge < -0.3 is 14.3 Å². The summed E-state index contributed by atoms with van der Waals surface area (Å²) < 4.78 is 6.32. The van der Waals surface area contributed by atoms with Gasteiger partial charge in [0, 0.05) is 22.1 Å². The second-order valence-corrected chi connectivity index (χ2v) is 8.90. The van der Waals surface area contributed by atoms with Gasteiger partial charge in [0.05, 0.1) is 23.1 Å². The third-order valence-corrected chi connectivity index (χ3v) is 6.20. The molecule has 3 heterocycles. The summed E-state index contributed by atoms with van der Waals surface area (Å²) in [6.07, 6.45) is 2.52. The molecule has 0 radical (unpaired) electrons. The van der Waals surface area contributed by atoms with Crippen LogP contribution in [0.5, 0.6) is 0 Å². The van der Waals surface area contributed by atoms with Crippen LogP contribution in [-0.2, 0) is 6.54 Å². The number of aryl methyl sites for hydroxylation is 1. The third kappa shape index (κ3) is 3.98. The number of hydrogen-bond donors (Lipinski definition) is 1. The SMILES string of the molecule is Cc1ccc2[nH]c(=O)c3cc(C(=O)N(CCC(C)C)Cc4ccco4)sc3c2c1. The summed E-state index contributed by atoms with van der Waals surface area (Å²) in [4.78, 5) is 31.2. The number of nitrogens with zero attached hydrogens (tertiary/aromatic N) is 1. The predicted octanol–water partition coefficient (Wildman–Crippen LogP) is 5.33. The number of rotatable bonds is 6. The minimum Gasteiger partial charge on any atom is -0.467 e. The van der Waals surface area contributed by atoms with Crippen LogP contribution in [0, 0.1) is 12.8 Å². The van der Waals surface area contributed by atoms with Crippen molar-refractivity contribution in [3.63, 3.8) is 0 Å². The minimum absolute atomic E-state index is 0.0662. The summed E-state index contributed by atoms with van der Waals surface area (Å²) in [5.41, 5.74) is 1.75. The number of carbonyl (C=O) groups is 1. The van der Waals surface area contributed by atoms with E-state index in [1.807, 2.05) is 36.1 Å². The minimum atomic E-state index is -0.161. The molecule has 6 heteroatoms. The van der Waals surface area contributed by atoms with Crippen molar-refractivity contribution in [2.75, 3.05) is 6.54 Å². The largest absolute Gasteiger partial charge is 0.467 e. The second-order valence-electron chi connectivity index (χ2n) is 7.85. The fourth-order valence-electron chi connectivity index (χ4n) is 3.42. The van der Waals surface area contributed by atoms with Crippen LogP contribution >= 0.6 is 11.3 Å². The maximum atomic E-state index is 13.4. The molecule has 0 aliphatic rings. The van der Waals surface area contributed by atoms with E-state index in [9.17, 15) is 9.59 Å². The van der Waals surface area contributed by atoms with Crippen molar-refractivity contribution in [3.8, 4) is 0 Å². The normalized spacial score (nSPS) is 11.6. The van der Waals surface area contributed by atoms with E-state index >= 15 is 0 Å². The van der Waals surface area contributed by atoms with Crippen LogP contribution in [0.3, 0.4) is 0 Å². The molecular formula is C23H24N2O3S. The molecule has 1 aromatic carbocycles. The highest BCUT2D eigenvalue weighted by Crippen LogP contribution is 2.31. The van der Waals surface area contributed by atoms with Crippen molar-refractivity contribution in [1.29, 1.82) is 0 Å². The van der Waals surface area contributed by atoms with E-state index in [2.05, 4.69) is 24.9 Å². The Morgan fingerprint density at radius 2 is 2.03 bits per heavy atom. The number of benzene rings is 1. The highest BCUT2D eigenvalue weighted by atomic mass is 32.1. The third-order valence-electron chi connectivity index (χ3n) is 5.05. The van der Waals surface area contributed by atoms with Gasteiger partial charge in [0.15, 0.2) is 0 Å². The number of furan rings is 1. The van der Waals surface area contributed by atoms with Crippen LogP contribution < -0.4 is 5.56 Å². The first-order chi connectivity index (χ1) is 13.9. The molecule has 4 aromatic rings. The molecule has 5 nitrogen and oxygen atoms in total. The highest BCUT2D eigenvalue weighted by Gasteiger charge is 2.21. The first-order valence-electron chi connectivity index (χ1n) is 9.80.